The zero-order valence-corrected chi connectivity index (χ0v) is 18.9. The molecule has 2 saturated carbocycles. The normalized spacial score (nSPS) is 17.7. The maximum Gasteiger partial charge on any atom is 0.254 e. The van der Waals surface area contributed by atoms with Crippen molar-refractivity contribution >= 4 is 5.91 Å². The van der Waals surface area contributed by atoms with Crippen LogP contribution in [0.1, 0.15) is 91.2 Å². The Hall–Kier alpha value is -2.96. The van der Waals surface area contributed by atoms with Gasteiger partial charge < -0.3 is 9.84 Å². The molecule has 5 rings (SSSR count). The minimum Gasteiger partial charge on any atom is -0.349 e. The fourth-order valence-electron chi connectivity index (χ4n) is 4.51. The number of nitrogens with zero attached hydrogens (tertiary/aromatic N) is 4. The molecule has 1 aromatic carbocycles. The molecule has 0 atom stereocenters. The van der Waals surface area contributed by atoms with Crippen molar-refractivity contribution in [3.05, 3.63) is 47.1 Å². The van der Waals surface area contributed by atoms with Crippen molar-refractivity contribution in [1.82, 2.24) is 25.2 Å². The van der Waals surface area contributed by atoms with Crippen LogP contribution in [0.5, 0.6) is 0 Å². The average Bonchev–Trinajstić information content (AvgIpc) is 3.36. The SMILES string of the molecule is Cc1ccc(-c2noc(C3CC3)n2)cc1-n1cc(C(=O)NC2CCCCCCC2)c(C)n1. The highest BCUT2D eigenvalue weighted by atomic mass is 16.5. The van der Waals surface area contributed by atoms with E-state index in [1.807, 2.05) is 38.2 Å². The van der Waals surface area contributed by atoms with Crippen LogP contribution in [-0.2, 0) is 0 Å². The lowest BCUT2D eigenvalue weighted by atomic mass is 9.96. The van der Waals surface area contributed by atoms with E-state index in [1.165, 1.54) is 32.1 Å². The van der Waals surface area contributed by atoms with E-state index in [0.717, 1.165) is 54.1 Å². The molecule has 2 aliphatic rings. The Kier molecular flexibility index (Phi) is 5.81. The van der Waals surface area contributed by atoms with Crippen LogP contribution in [0.4, 0.5) is 0 Å². The molecule has 0 saturated heterocycles. The topological polar surface area (TPSA) is 85.8 Å². The van der Waals surface area contributed by atoms with Crippen molar-refractivity contribution in [3.63, 3.8) is 0 Å². The van der Waals surface area contributed by atoms with E-state index in [1.54, 1.807) is 4.68 Å². The summed E-state index contributed by atoms with van der Waals surface area (Å²) in [5.74, 6) is 1.72. The second-order valence-electron chi connectivity index (χ2n) is 9.32. The molecule has 2 aromatic heterocycles. The van der Waals surface area contributed by atoms with Crippen LogP contribution in [-0.4, -0.2) is 31.9 Å². The van der Waals surface area contributed by atoms with Gasteiger partial charge in [0.15, 0.2) is 0 Å². The minimum atomic E-state index is -0.0274. The number of carbonyl (C=O) groups excluding carboxylic acids is 1. The molecular weight excluding hydrogens is 402 g/mol. The zero-order valence-electron chi connectivity index (χ0n) is 18.9. The fraction of sp³-hybridized carbons (Fsp3) is 0.520. The first-order chi connectivity index (χ1) is 15.6. The molecule has 0 aliphatic heterocycles. The maximum atomic E-state index is 13.0. The number of amides is 1. The largest absolute Gasteiger partial charge is 0.349 e. The van der Waals surface area contributed by atoms with E-state index in [-0.39, 0.29) is 11.9 Å². The second kappa shape index (κ2) is 8.88. The Morgan fingerprint density at radius 3 is 2.56 bits per heavy atom. The van der Waals surface area contributed by atoms with E-state index < -0.39 is 0 Å². The Morgan fingerprint density at radius 2 is 1.81 bits per heavy atom. The Labute approximate surface area is 188 Å². The Morgan fingerprint density at radius 1 is 1.06 bits per heavy atom. The van der Waals surface area contributed by atoms with Crippen LogP contribution in [0.3, 0.4) is 0 Å². The van der Waals surface area contributed by atoms with Gasteiger partial charge in [-0.25, -0.2) is 4.68 Å². The van der Waals surface area contributed by atoms with Gasteiger partial charge in [0.05, 0.1) is 16.9 Å². The number of hydrogen-bond donors (Lipinski definition) is 1. The number of hydrogen-bond acceptors (Lipinski definition) is 5. The first-order valence-electron chi connectivity index (χ1n) is 11.9. The van der Waals surface area contributed by atoms with Crippen LogP contribution >= 0.6 is 0 Å². The summed E-state index contributed by atoms with van der Waals surface area (Å²) in [6.07, 6.45) is 12.4. The molecular formula is C25H31N5O2. The molecule has 7 heteroatoms. The van der Waals surface area contributed by atoms with E-state index >= 15 is 0 Å². The fourth-order valence-corrected chi connectivity index (χ4v) is 4.51. The van der Waals surface area contributed by atoms with Crippen LogP contribution in [0.2, 0.25) is 0 Å². The zero-order chi connectivity index (χ0) is 22.1. The van der Waals surface area contributed by atoms with Crippen molar-refractivity contribution < 1.29 is 9.32 Å². The van der Waals surface area contributed by atoms with E-state index in [0.29, 0.717) is 17.3 Å². The third kappa shape index (κ3) is 4.47. The molecule has 2 fully saturated rings. The van der Waals surface area contributed by atoms with Gasteiger partial charge in [0, 0.05) is 23.7 Å². The van der Waals surface area contributed by atoms with Gasteiger partial charge in [-0.2, -0.15) is 10.1 Å². The third-order valence-electron chi connectivity index (χ3n) is 6.67. The van der Waals surface area contributed by atoms with Crippen LogP contribution < -0.4 is 5.32 Å². The highest BCUT2D eigenvalue weighted by Crippen LogP contribution is 2.39. The van der Waals surface area contributed by atoms with Gasteiger partial charge in [-0.3, -0.25) is 4.79 Å². The smallest absolute Gasteiger partial charge is 0.254 e. The lowest BCUT2D eigenvalue weighted by Crippen LogP contribution is -2.35. The molecule has 3 aromatic rings. The summed E-state index contributed by atoms with van der Waals surface area (Å²) < 4.78 is 7.22. The average molecular weight is 434 g/mol. The predicted molar refractivity (Wildman–Crippen MR) is 122 cm³/mol. The summed E-state index contributed by atoms with van der Waals surface area (Å²) >= 11 is 0. The summed E-state index contributed by atoms with van der Waals surface area (Å²) in [4.78, 5) is 17.6. The van der Waals surface area contributed by atoms with Crippen molar-refractivity contribution in [2.75, 3.05) is 0 Å². The van der Waals surface area contributed by atoms with E-state index in [4.69, 9.17) is 4.52 Å². The molecule has 0 spiro atoms. The molecule has 0 bridgehead atoms. The number of carbonyl (C=O) groups is 1. The van der Waals surface area contributed by atoms with Gasteiger partial charge in [0.25, 0.3) is 5.91 Å². The molecule has 1 amide bonds. The first kappa shape index (κ1) is 20.9. The van der Waals surface area contributed by atoms with Gasteiger partial charge in [-0.15, -0.1) is 0 Å². The highest BCUT2D eigenvalue weighted by Gasteiger charge is 2.30. The standard InChI is InChI=1S/C25H31N5O2/c1-16-10-11-19(23-27-25(32-29-23)18-12-13-18)14-22(16)30-15-21(17(2)28-30)24(31)26-20-8-6-4-3-5-7-9-20/h10-11,14-15,18,20H,3-9,12-13H2,1-2H3,(H,26,31). The summed E-state index contributed by atoms with van der Waals surface area (Å²) in [6.45, 7) is 3.93. The lowest BCUT2D eigenvalue weighted by molar-refractivity contribution is 0.0930. The van der Waals surface area contributed by atoms with Gasteiger partial charge in [-0.1, -0.05) is 49.4 Å². The predicted octanol–water partition coefficient (Wildman–Crippen LogP) is 5.26. The molecule has 0 radical (unpaired) electrons. The Bertz CT molecular complexity index is 1100. The van der Waals surface area contributed by atoms with E-state index in [9.17, 15) is 4.79 Å². The monoisotopic (exact) mass is 433 g/mol. The third-order valence-corrected chi connectivity index (χ3v) is 6.67. The number of benzene rings is 1. The summed E-state index contributed by atoms with van der Waals surface area (Å²) in [5, 5.41) is 12.1. The van der Waals surface area contributed by atoms with Gasteiger partial charge in [-0.05, 0) is 51.2 Å². The highest BCUT2D eigenvalue weighted by molar-refractivity contribution is 5.95. The molecule has 32 heavy (non-hydrogen) atoms. The molecule has 1 N–H and O–H groups in total. The van der Waals surface area contributed by atoms with Crippen LogP contribution in [0.25, 0.3) is 17.1 Å². The quantitative estimate of drug-likeness (QED) is 0.593. The van der Waals surface area contributed by atoms with E-state index in [2.05, 4.69) is 20.6 Å². The molecule has 168 valence electrons. The number of aryl methyl sites for hydroxylation is 2. The number of nitrogens with one attached hydrogen (secondary N) is 1. The first-order valence-corrected chi connectivity index (χ1v) is 11.9. The van der Waals surface area contributed by atoms with Gasteiger partial charge in [0.2, 0.25) is 11.7 Å². The van der Waals surface area contributed by atoms with Gasteiger partial charge >= 0.3 is 0 Å². The second-order valence-corrected chi connectivity index (χ2v) is 9.32. The van der Waals surface area contributed by atoms with Crippen molar-refractivity contribution in [1.29, 1.82) is 0 Å². The van der Waals surface area contributed by atoms with Crippen molar-refractivity contribution in [2.24, 2.45) is 0 Å². The summed E-state index contributed by atoms with van der Waals surface area (Å²) in [5.41, 5.74) is 4.22. The Balaban J connectivity index is 1.37. The molecule has 7 nitrogen and oxygen atoms in total. The maximum absolute atomic E-state index is 13.0. The van der Waals surface area contributed by atoms with Crippen LogP contribution in [0, 0.1) is 13.8 Å². The van der Waals surface area contributed by atoms with Crippen LogP contribution in [0.15, 0.2) is 28.9 Å². The molecule has 2 heterocycles. The number of rotatable bonds is 5. The summed E-state index contributed by atoms with van der Waals surface area (Å²) in [7, 11) is 0. The summed E-state index contributed by atoms with van der Waals surface area (Å²) in [6, 6.07) is 6.30. The van der Waals surface area contributed by atoms with Crippen molar-refractivity contribution in [3.8, 4) is 17.1 Å². The lowest BCUT2D eigenvalue weighted by Gasteiger charge is -2.20. The number of aromatic nitrogens is 4. The molecule has 2 aliphatic carbocycles. The molecule has 0 unspecified atom stereocenters. The minimum absolute atomic E-state index is 0.0274. The van der Waals surface area contributed by atoms with Crippen molar-refractivity contribution in [2.45, 2.75) is 83.6 Å². The van der Waals surface area contributed by atoms with Gasteiger partial charge in [0.1, 0.15) is 0 Å².